The molecule has 6 nitrogen and oxygen atoms in total. The number of imidazole rings is 1. The van der Waals surface area contributed by atoms with Crippen molar-refractivity contribution < 1.29 is 0 Å². The zero-order chi connectivity index (χ0) is 18.8. The Kier molecular flexibility index (Phi) is 5.31. The Morgan fingerprint density at radius 2 is 1.93 bits per heavy atom. The van der Waals surface area contributed by atoms with E-state index in [1.54, 1.807) is 0 Å². The fourth-order valence-electron chi connectivity index (χ4n) is 3.65. The fourth-order valence-corrected chi connectivity index (χ4v) is 4.35. The van der Waals surface area contributed by atoms with Crippen LogP contribution in [0.3, 0.4) is 0 Å². The molecule has 1 aliphatic rings. The van der Waals surface area contributed by atoms with Crippen LogP contribution in [-0.2, 0) is 6.42 Å². The molecule has 0 amide bonds. The fraction of sp³-hybridized carbons (Fsp3) is 0.400. The number of hydrogen-bond donors (Lipinski definition) is 1. The minimum Gasteiger partial charge on any atom is -0.368 e. The average Bonchev–Trinajstić information content (AvgIpc) is 3.19. The van der Waals surface area contributed by atoms with E-state index in [0.29, 0.717) is 0 Å². The highest BCUT2D eigenvalue weighted by Gasteiger charge is 2.16. The Morgan fingerprint density at radius 3 is 2.59 bits per heavy atom. The predicted octanol–water partition coefficient (Wildman–Crippen LogP) is 3.94. The zero-order valence-electron chi connectivity index (χ0n) is 15.8. The van der Waals surface area contributed by atoms with E-state index >= 15 is 0 Å². The second-order valence-electron chi connectivity index (χ2n) is 6.77. The van der Waals surface area contributed by atoms with Gasteiger partial charge in [-0.3, -0.25) is 0 Å². The normalized spacial score (nSPS) is 15.4. The lowest BCUT2D eigenvalue weighted by molar-refractivity contribution is 0.271. The minimum atomic E-state index is 0.826. The summed E-state index contributed by atoms with van der Waals surface area (Å²) in [4.78, 5) is 14.0. The summed E-state index contributed by atoms with van der Waals surface area (Å²) in [6, 6.07) is 6.28. The smallest absolute Gasteiger partial charge is 0.160 e. The molecule has 3 aromatic heterocycles. The number of rotatable bonds is 5. The molecule has 0 bridgehead atoms. The molecule has 4 heterocycles. The Balaban J connectivity index is 1.53. The van der Waals surface area contributed by atoms with E-state index in [4.69, 9.17) is 0 Å². The maximum atomic E-state index is 4.63. The van der Waals surface area contributed by atoms with Crippen molar-refractivity contribution in [3.8, 4) is 0 Å². The first-order chi connectivity index (χ1) is 13.2. The van der Waals surface area contributed by atoms with Crippen molar-refractivity contribution in [1.82, 2.24) is 19.3 Å². The zero-order valence-corrected chi connectivity index (χ0v) is 17.4. The van der Waals surface area contributed by atoms with E-state index in [9.17, 15) is 0 Å². The second kappa shape index (κ2) is 7.86. The van der Waals surface area contributed by atoms with Crippen LogP contribution in [0.15, 0.2) is 41.3 Å². The van der Waals surface area contributed by atoms with Crippen LogP contribution in [0.5, 0.6) is 0 Å². The monoisotopic (exact) mass is 428 g/mol. The molecule has 7 heteroatoms. The van der Waals surface area contributed by atoms with E-state index < -0.39 is 0 Å². The Bertz CT molecular complexity index is 912. The Hall–Kier alpha value is -2.12. The van der Waals surface area contributed by atoms with E-state index in [2.05, 4.69) is 71.4 Å². The summed E-state index contributed by atoms with van der Waals surface area (Å²) in [7, 11) is 0. The van der Waals surface area contributed by atoms with Crippen molar-refractivity contribution in [3.63, 3.8) is 0 Å². The van der Waals surface area contributed by atoms with Gasteiger partial charge < -0.3 is 19.5 Å². The van der Waals surface area contributed by atoms with Gasteiger partial charge in [0.15, 0.2) is 5.65 Å². The summed E-state index contributed by atoms with van der Waals surface area (Å²) in [5.74, 6) is 0.826. The van der Waals surface area contributed by atoms with Gasteiger partial charge in [-0.1, -0.05) is 13.8 Å². The van der Waals surface area contributed by atoms with Gasteiger partial charge in [-0.2, -0.15) is 0 Å². The predicted molar refractivity (Wildman–Crippen MR) is 114 cm³/mol. The molecule has 27 heavy (non-hydrogen) atoms. The van der Waals surface area contributed by atoms with Gasteiger partial charge in [-0.15, -0.1) is 0 Å². The molecular formula is C20H25BrN6. The largest absolute Gasteiger partial charge is 0.368 e. The lowest BCUT2D eigenvalue weighted by Gasteiger charge is -2.35. The molecule has 0 spiro atoms. The molecule has 1 fully saturated rings. The number of nitrogens with one attached hydrogen (secondary N) is 1. The number of pyridine rings is 2. The van der Waals surface area contributed by atoms with Crippen molar-refractivity contribution in [2.24, 2.45) is 0 Å². The first-order valence-corrected chi connectivity index (χ1v) is 10.3. The van der Waals surface area contributed by atoms with Gasteiger partial charge in [0.05, 0.1) is 17.6 Å². The number of halogens is 1. The van der Waals surface area contributed by atoms with Gasteiger partial charge in [0, 0.05) is 48.7 Å². The third kappa shape index (κ3) is 3.66. The van der Waals surface area contributed by atoms with Gasteiger partial charge in [0.25, 0.3) is 0 Å². The summed E-state index contributed by atoms with van der Waals surface area (Å²) in [6.45, 7) is 9.85. The van der Waals surface area contributed by atoms with Crippen LogP contribution < -0.4 is 10.2 Å². The standard InChI is InChI=1S/C20H25BrN6/c1-3-18-16(21)13-17(20-22-7-8-27(18)20)24-19-6-5-15(14-23-19)26-11-9-25(4-2)10-12-26/h5-8,13-14H,3-4,9-12H2,1-2H3,(H,23,24). The Labute approximate surface area is 168 Å². The van der Waals surface area contributed by atoms with Crippen molar-refractivity contribution in [1.29, 1.82) is 0 Å². The second-order valence-corrected chi connectivity index (χ2v) is 7.63. The van der Waals surface area contributed by atoms with Gasteiger partial charge in [0.1, 0.15) is 5.82 Å². The van der Waals surface area contributed by atoms with Crippen molar-refractivity contribution >= 4 is 38.8 Å². The third-order valence-corrected chi connectivity index (χ3v) is 5.94. The van der Waals surface area contributed by atoms with Crippen LogP contribution >= 0.6 is 15.9 Å². The van der Waals surface area contributed by atoms with Crippen molar-refractivity contribution in [2.45, 2.75) is 20.3 Å². The summed E-state index contributed by atoms with van der Waals surface area (Å²) in [6.07, 6.45) is 6.73. The maximum absolute atomic E-state index is 4.63. The molecule has 0 unspecified atom stereocenters. The van der Waals surface area contributed by atoms with Crippen molar-refractivity contribution in [3.05, 3.63) is 47.0 Å². The van der Waals surface area contributed by atoms with Gasteiger partial charge in [0.2, 0.25) is 0 Å². The number of aryl methyl sites for hydroxylation is 1. The summed E-state index contributed by atoms with van der Waals surface area (Å²) in [5.41, 5.74) is 4.25. The highest BCUT2D eigenvalue weighted by Crippen LogP contribution is 2.28. The summed E-state index contributed by atoms with van der Waals surface area (Å²) >= 11 is 3.68. The van der Waals surface area contributed by atoms with Crippen LogP contribution in [-0.4, -0.2) is 52.0 Å². The molecule has 3 aromatic rings. The van der Waals surface area contributed by atoms with Gasteiger partial charge in [-0.25, -0.2) is 9.97 Å². The molecule has 0 radical (unpaired) electrons. The topological polar surface area (TPSA) is 48.7 Å². The molecule has 4 rings (SSSR count). The first kappa shape index (κ1) is 18.3. The third-order valence-electron chi connectivity index (χ3n) is 5.25. The average molecular weight is 429 g/mol. The molecule has 1 saturated heterocycles. The van der Waals surface area contributed by atoms with E-state index in [-0.39, 0.29) is 0 Å². The molecule has 0 atom stereocenters. The molecule has 0 aromatic carbocycles. The van der Waals surface area contributed by atoms with Crippen LogP contribution in [0.4, 0.5) is 17.2 Å². The number of anilines is 3. The molecule has 1 N–H and O–H groups in total. The number of piperazine rings is 1. The van der Waals surface area contributed by atoms with Gasteiger partial charge >= 0.3 is 0 Å². The van der Waals surface area contributed by atoms with E-state index in [1.165, 1.54) is 11.4 Å². The minimum absolute atomic E-state index is 0.826. The van der Waals surface area contributed by atoms with Crippen LogP contribution in [0.2, 0.25) is 0 Å². The first-order valence-electron chi connectivity index (χ1n) is 9.54. The van der Waals surface area contributed by atoms with Crippen LogP contribution in [0.1, 0.15) is 19.5 Å². The molecule has 1 aliphatic heterocycles. The molecular weight excluding hydrogens is 404 g/mol. The summed E-state index contributed by atoms with van der Waals surface area (Å²) in [5, 5.41) is 3.42. The molecule has 0 saturated carbocycles. The van der Waals surface area contributed by atoms with Crippen LogP contribution in [0, 0.1) is 0 Å². The van der Waals surface area contributed by atoms with Crippen LogP contribution in [0.25, 0.3) is 5.65 Å². The number of nitrogens with zero attached hydrogens (tertiary/aromatic N) is 5. The highest BCUT2D eigenvalue weighted by atomic mass is 79.9. The number of likely N-dealkylation sites (N-methyl/N-ethyl adjacent to an activating group) is 1. The Morgan fingerprint density at radius 1 is 1.11 bits per heavy atom. The number of aromatic nitrogens is 3. The summed E-state index contributed by atoms with van der Waals surface area (Å²) < 4.78 is 3.19. The lowest BCUT2D eigenvalue weighted by atomic mass is 10.2. The molecule has 142 valence electrons. The quantitative estimate of drug-likeness (QED) is 0.666. The van der Waals surface area contributed by atoms with Gasteiger partial charge in [-0.05, 0) is 47.1 Å². The van der Waals surface area contributed by atoms with Crippen molar-refractivity contribution in [2.75, 3.05) is 42.9 Å². The molecule has 0 aliphatic carbocycles. The number of fused-ring (bicyclic) bond motifs is 1. The SMILES string of the molecule is CCc1c(Br)cc(Nc2ccc(N3CCN(CC)CC3)cn2)c2nccn12. The highest BCUT2D eigenvalue weighted by molar-refractivity contribution is 9.10. The maximum Gasteiger partial charge on any atom is 0.160 e. The van der Waals surface area contributed by atoms with E-state index in [1.807, 2.05) is 24.7 Å². The number of hydrogen-bond acceptors (Lipinski definition) is 5. The van der Waals surface area contributed by atoms with E-state index in [0.717, 1.165) is 60.8 Å². The lowest BCUT2D eigenvalue weighted by Crippen LogP contribution is -2.46.